The third-order valence-corrected chi connectivity index (χ3v) is 4.22. The molecule has 0 saturated heterocycles. The maximum absolute atomic E-state index is 12.5. The van der Waals surface area contributed by atoms with Gasteiger partial charge in [-0.1, -0.05) is 26.0 Å². The normalized spacial score (nSPS) is 24.6. The van der Waals surface area contributed by atoms with E-state index in [0.717, 1.165) is 16.8 Å². The van der Waals surface area contributed by atoms with Crippen molar-refractivity contribution in [1.82, 2.24) is 5.32 Å². The fourth-order valence-corrected chi connectivity index (χ4v) is 3.38. The molecule has 3 rings (SSSR count). The molecule has 0 aromatic heterocycles. The third-order valence-electron chi connectivity index (χ3n) is 4.22. The lowest BCUT2D eigenvalue weighted by Crippen LogP contribution is -2.40. The average Bonchev–Trinajstić information content (AvgIpc) is 2.35. The van der Waals surface area contributed by atoms with Gasteiger partial charge in [0.15, 0.2) is 5.78 Å². The van der Waals surface area contributed by atoms with E-state index < -0.39 is 0 Å². The highest BCUT2D eigenvalue weighted by atomic mass is 16.3. The molecule has 4 heteroatoms. The predicted octanol–water partition coefficient (Wildman–Crippen LogP) is 2.64. The Kier molecular flexibility index (Phi) is 3.12. The second kappa shape index (κ2) is 4.72. The zero-order chi connectivity index (χ0) is 15.2. The summed E-state index contributed by atoms with van der Waals surface area (Å²) in [5, 5.41) is 12.5. The van der Waals surface area contributed by atoms with Crippen LogP contribution in [0.2, 0.25) is 0 Å². The zero-order valence-electron chi connectivity index (χ0n) is 12.3. The number of nitrogens with one attached hydrogen (secondary N) is 1. The van der Waals surface area contributed by atoms with E-state index in [2.05, 4.69) is 5.32 Å². The number of aromatic hydroxyl groups is 1. The van der Waals surface area contributed by atoms with Crippen LogP contribution in [-0.4, -0.2) is 16.8 Å². The van der Waals surface area contributed by atoms with E-state index in [1.54, 1.807) is 18.2 Å². The number of rotatable bonds is 1. The van der Waals surface area contributed by atoms with Crippen LogP contribution in [0.3, 0.4) is 0 Å². The predicted molar refractivity (Wildman–Crippen MR) is 78.7 cm³/mol. The van der Waals surface area contributed by atoms with Crippen LogP contribution in [0.25, 0.3) is 0 Å². The first kappa shape index (κ1) is 13.9. The van der Waals surface area contributed by atoms with Crippen molar-refractivity contribution in [2.24, 2.45) is 5.41 Å². The van der Waals surface area contributed by atoms with Crippen LogP contribution in [0.15, 0.2) is 35.5 Å². The Hall–Kier alpha value is -2.10. The number of allylic oxidation sites excluding steroid dienone is 2. The molecule has 1 aromatic carbocycles. The van der Waals surface area contributed by atoms with E-state index in [0.29, 0.717) is 12.8 Å². The summed E-state index contributed by atoms with van der Waals surface area (Å²) in [6.45, 7) is 4.08. The number of ketones is 1. The molecule has 1 aliphatic heterocycles. The van der Waals surface area contributed by atoms with Gasteiger partial charge < -0.3 is 10.4 Å². The third kappa shape index (κ3) is 2.58. The number of phenols is 1. The van der Waals surface area contributed by atoms with E-state index in [1.807, 2.05) is 19.9 Å². The molecule has 0 bridgehead atoms. The van der Waals surface area contributed by atoms with Crippen LogP contribution in [0.5, 0.6) is 5.75 Å². The minimum Gasteiger partial charge on any atom is -0.508 e. The molecule has 110 valence electrons. The summed E-state index contributed by atoms with van der Waals surface area (Å²) in [4.78, 5) is 24.5. The molecule has 0 fully saturated rings. The largest absolute Gasteiger partial charge is 0.508 e. The highest BCUT2D eigenvalue weighted by Gasteiger charge is 2.40. The van der Waals surface area contributed by atoms with Gasteiger partial charge in [0.05, 0.1) is 0 Å². The molecule has 1 aliphatic carbocycles. The SMILES string of the molecule is CC1(C)CC(=O)C2=C(C1)NC(=O)C[C@H]2c1cccc(O)c1. The zero-order valence-corrected chi connectivity index (χ0v) is 12.3. The van der Waals surface area contributed by atoms with Crippen molar-refractivity contribution in [1.29, 1.82) is 0 Å². The molecular formula is C17H19NO3. The van der Waals surface area contributed by atoms with Crippen LogP contribution in [0, 0.1) is 5.41 Å². The number of hydrogen-bond acceptors (Lipinski definition) is 3. The number of phenolic OH excluding ortho intramolecular Hbond substituents is 1. The first-order valence-corrected chi connectivity index (χ1v) is 7.21. The summed E-state index contributed by atoms with van der Waals surface area (Å²) in [6, 6.07) is 6.84. The summed E-state index contributed by atoms with van der Waals surface area (Å²) >= 11 is 0. The second-order valence-electron chi connectivity index (χ2n) is 6.73. The highest BCUT2D eigenvalue weighted by Crippen LogP contribution is 2.44. The fraction of sp³-hybridized carbons (Fsp3) is 0.412. The van der Waals surface area contributed by atoms with E-state index >= 15 is 0 Å². The number of carbonyl (C=O) groups excluding carboxylic acids is 2. The first-order valence-electron chi connectivity index (χ1n) is 7.21. The molecule has 21 heavy (non-hydrogen) atoms. The molecule has 1 atom stereocenters. The van der Waals surface area contributed by atoms with Gasteiger partial charge in [0.2, 0.25) is 5.91 Å². The number of amides is 1. The summed E-state index contributed by atoms with van der Waals surface area (Å²) < 4.78 is 0. The topological polar surface area (TPSA) is 66.4 Å². The van der Waals surface area contributed by atoms with E-state index in [-0.39, 0.29) is 35.2 Å². The van der Waals surface area contributed by atoms with Crippen LogP contribution >= 0.6 is 0 Å². The Morgan fingerprint density at radius 2 is 2.00 bits per heavy atom. The van der Waals surface area contributed by atoms with Gasteiger partial charge in [-0.15, -0.1) is 0 Å². The number of carbonyl (C=O) groups is 2. The second-order valence-corrected chi connectivity index (χ2v) is 6.73. The molecule has 1 amide bonds. The molecule has 2 aliphatic rings. The number of hydrogen-bond donors (Lipinski definition) is 2. The van der Waals surface area contributed by atoms with Crippen molar-refractivity contribution in [2.45, 2.75) is 39.0 Å². The summed E-state index contributed by atoms with van der Waals surface area (Å²) in [7, 11) is 0. The van der Waals surface area contributed by atoms with Gasteiger partial charge >= 0.3 is 0 Å². The lowest BCUT2D eigenvalue weighted by atomic mass is 9.70. The number of Topliss-reactive ketones (excluding diaryl/α,β-unsaturated/α-hetero) is 1. The van der Waals surface area contributed by atoms with Gasteiger partial charge in [-0.05, 0) is 29.5 Å². The summed E-state index contributed by atoms with van der Waals surface area (Å²) in [5.74, 6) is -0.0455. The molecule has 4 nitrogen and oxygen atoms in total. The van der Waals surface area contributed by atoms with Gasteiger partial charge in [-0.25, -0.2) is 0 Å². The van der Waals surface area contributed by atoms with Crippen molar-refractivity contribution in [3.63, 3.8) is 0 Å². The minimum atomic E-state index is -0.246. The Bertz CT molecular complexity index is 658. The van der Waals surface area contributed by atoms with Gasteiger partial charge in [0.25, 0.3) is 0 Å². The molecule has 0 radical (unpaired) electrons. The summed E-state index contributed by atoms with van der Waals surface area (Å²) in [6.07, 6.45) is 1.46. The van der Waals surface area contributed by atoms with Crippen LogP contribution < -0.4 is 5.32 Å². The van der Waals surface area contributed by atoms with Crippen molar-refractivity contribution >= 4 is 11.7 Å². The van der Waals surface area contributed by atoms with Crippen molar-refractivity contribution in [3.8, 4) is 5.75 Å². The minimum absolute atomic E-state index is 0.0624. The molecule has 0 unspecified atom stereocenters. The Morgan fingerprint density at radius 3 is 2.71 bits per heavy atom. The Labute approximate surface area is 123 Å². The lowest BCUT2D eigenvalue weighted by molar-refractivity contribution is -0.122. The first-order chi connectivity index (χ1) is 9.85. The molecule has 0 spiro atoms. The van der Waals surface area contributed by atoms with Gasteiger partial charge in [0.1, 0.15) is 5.75 Å². The maximum Gasteiger partial charge on any atom is 0.225 e. The summed E-state index contributed by atoms with van der Waals surface area (Å²) in [5.41, 5.74) is 2.19. The van der Waals surface area contributed by atoms with Crippen LogP contribution in [0.1, 0.15) is 44.6 Å². The molecule has 1 heterocycles. The van der Waals surface area contributed by atoms with E-state index in [4.69, 9.17) is 0 Å². The van der Waals surface area contributed by atoms with Crippen LogP contribution in [-0.2, 0) is 9.59 Å². The number of benzene rings is 1. The average molecular weight is 285 g/mol. The highest BCUT2D eigenvalue weighted by molar-refractivity contribution is 6.02. The molecule has 2 N–H and O–H groups in total. The molecule has 1 aromatic rings. The van der Waals surface area contributed by atoms with Crippen molar-refractivity contribution < 1.29 is 14.7 Å². The van der Waals surface area contributed by atoms with Gasteiger partial charge in [-0.3, -0.25) is 9.59 Å². The van der Waals surface area contributed by atoms with Gasteiger partial charge in [0, 0.05) is 30.0 Å². The van der Waals surface area contributed by atoms with Crippen molar-refractivity contribution in [2.75, 3.05) is 0 Å². The quantitative estimate of drug-likeness (QED) is 0.833. The smallest absolute Gasteiger partial charge is 0.225 e. The fourth-order valence-electron chi connectivity index (χ4n) is 3.38. The van der Waals surface area contributed by atoms with Crippen molar-refractivity contribution in [3.05, 3.63) is 41.1 Å². The lowest BCUT2D eigenvalue weighted by Gasteiger charge is -2.37. The molecular weight excluding hydrogens is 266 g/mol. The standard InChI is InChI=1S/C17H19NO3/c1-17(2)8-13-16(14(20)9-17)12(7-15(21)18-13)10-4-3-5-11(19)6-10/h3-6,12,19H,7-9H2,1-2H3,(H,18,21)/t12-/m0/s1. The van der Waals surface area contributed by atoms with E-state index in [9.17, 15) is 14.7 Å². The van der Waals surface area contributed by atoms with Gasteiger partial charge in [-0.2, -0.15) is 0 Å². The maximum atomic E-state index is 12.5. The van der Waals surface area contributed by atoms with Crippen LogP contribution in [0.4, 0.5) is 0 Å². The Morgan fingerprint density at radius 1 is 1.24 bits per heavy atom. The monoisotopic (exact) mass is 285 g/mol. The Balaban J connectivity index is 2.08. The molecule has 0 saturated carbocycles. The van der Waals surface area contributed by atoms with E-state index in [1.165, 1.54) is 0 Å².